The lowest BCUT2D eigenvalue weighted by Crippen LogP contribution is -2.37. The van der Waals surface area contributed by atoms with E-state index in [1.54, 1.807) is 13.1 Å². The third-order valence-corrected chi connectivity index (χ3v) is 3.38. The Labute approximate surface area is 111 Å². The van der Waals surface area contributed by atoms with E-state index in [-0.39, 0.29) is 11.7 Å². The van der Waals surface area contributed by atoms with E-state index in [1.807, 2.05) is 11.9 Å². The molecule has 0 aromatic carbocycles. The SMILES string of the molecule is CNc1ccc([N+](=O)[O-])c(N(C)C2CCOCC2)n1. The van der Waals surface area contributed by atoms with Crippen molar-refractivity contribution in [3.63, 3.8) is 0 Å². The molecule has 1 aromatic heterocycles. The van der Waals surface area contributed by atoms with Crippen molar-refractivity contribution >= 4 is 17.3 Å². The van der Waals surface area contributed by atoms with Gasteiger partial charge in [0.05, 0.1) is 4.92 Å². The van der Waals surface area contributed by atoms with Crippen molar-refractivity contribution in [2.75, 3.05) is 37.5 Å². The van der Waals surface area contributed by atoms with Crippen LogP contribution in [0.5, 0.6) is 0 Å². The van der Waals surface area contributed by atoms with Crippen LogP contribution >= 0.6 is 0 Å². The summed E-state index contributed by atoms with van der Waals surface area (Å²) in [7, 11) is 3.59. The quantitative estimate of drug-likeness (QED) is 0.659. The standard InChI is InChI=1S/C12H18N4O3/c1-13-11-4-3-10(16(17)18)12(14-11)15(2)9-5-7-19-8-6-9/h3-4,9H,5-8H2,1-2H3,(H,13,14). The zero-order chi connectivity index (χ0) is 13.8. The highest BCUT2D eigenvalue weighted by molar-refractivity contribution is 5.61. The predicted octanol–water partition coefficient (Wildman–Crippen LogP) is 1.65. The molecule has 1 fully saturated rings. The second-order valence-corrected chi connectivity index (χ2v) is 4.50. The number of nitro groups is 1. The maximum absolute atomic E-state index is 11.1. The average Bonchev–Trinajstić information content (AvgIpc) is 2.46. The minimum atomic E-state index is -0.391. The van der Waals surface area contributed by atoms with Gasteiger partial charge >= 0.3 is 5.69 Å². The van der Waals surface area contributed by atoms with Crippen LogP contribution in [0.3, 0.4) is 0 Å². The van der Waals surface area contributed by atoms with Gasteiger partial charge in [0, 0.05) is 39.4 Å². The molecule has 7 heteroatoms. The van der Waals surface area contributed by atoms with Gasteiger partial charge in [0.2, 0.25) is 5.82 Å². The summed E-state index contributed by atoms with van der Waals surface area (Å²) in [6.07, 6.45) is 1.72. The number of anilines is 2. The summed E-state index contributed by atoms with van der Waals surface area (Å²) in [5.74, 6) is 1.03. The van der Waals surface area contributed by atoms with Crippen LogP contribution in [0.25, 0.3) is 0 Å². The van der Waals surface area contributed by atoms with Crippen LogP contribution in [0.15, 0.2) is 12.1 Å². The van der Waals surface area contributed by atoms with Gasteiger partial charge in [-0.15, -0.1) is 0 Å². The van der Waals surface area contributed by atoms with Gasteiger partial charge in [-0.25, -0.2) is 4.98 Å². The third kappa shape index (κ3) is 2.93. The van der Waals surface area contributed by atoms with E-state index >= 15 is 0 Å². The Morgan fingerprint density at radius 3 is 2.74 bits per heavy atom. The van der Waals surface area contributed by atoms with Gasteiger partial charge in [-0.2, -0.15) is 0 Å². The van der Waals surface area contributed by atoms with Crippen LogP contribution in [0, 0.1) is 10.1 Å². The largest absolute Gasteiger partial charge is 0.381 e. The van der Waals surface area contributed by atoms with Gasteiger partial charge in [-0.05, 0) is 18.9 Å². The molecule has 0 saturated carbocycles. The minimum Gasteiger partial charge on any atom is -0.381 e. The van der Waals surface area contributed by atoms with E-state index in [0.29, 0.717) is 24.8 Å². The fourth-order valence-electron chi connectivity index (χ4n) is 2.23. The lowest BCUT2D eigenvalue weighted by Gasteiger charge is -2.31. The van der Waals surface area contributed by atoms with Crippen molar-refractivity contribution in [2.24, 2.45) is 0 Å². The average molecular weight is 266 g/mol. The Balaban J connectivity index is 2.31. The van der Waals surface area contributed by atoms with Crippen molar-refractivity contribution in [3.8, 4) is 0 Å². The molecule has 2 rings (SSSR count). The molecule has 1 N–H and O–H groups in total. The van der Waals surface area contributed by atoms with Crippen LogP contribution < -0.4 is 10.2 Å². The van der Waals surface area contributed by atoms with Crippen LogP contribution in [0.1, 0.15) is 12.8 Å². The van der Waals surface area contributed by atoms with E-state index < -0.39 is 4.92 Å². The van der Waals surface area contributed by atoms with Gasteiger partial charge in [0.1, 0.15) is 5.82 Å². The molecule has 1 aromatic rings. The monoisotopic (exact) mass is 266 g/mol. The molecule has 19 heavy (non-hydrogen) atoms. The third-order valence-electron chi connectivity index (χ3n) is 3.38. The maximum atomic E-state index is 11.1. The molecule has 0 spiro atoms. The van der Waals surface area contributed by atoms with E-state index in [4.69, 9.17) is 4.74 Å². The lowest BCUT2D eigenvalue weighted by atomic mass is 10.1. The van der Waals surface area contributed by atoms with Crippen molar-refractivity contribution in [1.82, 2.24) is 4.98 Å². The van der Waals surface area contributed by atoms with Gasteiger partial charge in [-0.1, -0.05) is 0 Å². The summed E-state index contributed by atoms with van der Waals surface area (Å²) in [4.78, 5) is 16.9. The first-order chi connectivity index (χ1) is 9.13. The first kappa shape index (κ1) is 13.5. The molecule has 0 aliphatic carbocycles. The minimum absolute atomic E-state index is 0.0352. The summed E-state index contributed by atoms with van der Waals surface area (Å²) >= 11 is 0. The molecular weight excluding hydrogens is 248 g/mol. The molecule has 0 unspecified atom stereocenters. The van der Waals surface area contributed by atoms with Gasteiger partial charge < -0.3 is 15.0 Å². The first-order valence-corrected chi connectivity index (χ1v) is 6.27. The zero-order valence-corrected chi connectivity index (χ0v) is 11.1. The fourth-order valence-corrected chi connectivity index (χ4v) is 2.23. The molecule has 0 radical (unpaired) electrons. The van der Waals surface area contributed by atoms with Crippen LogP contribution in [0.4, 0.5) is 17.3 Å². The Morgan fingerprint density at radius 1 is 1.47 bits per heavy atom. The molecular formula is C12H18N4O3. The van der Waals surface area contributed by atoms with Crippen molar-refractivity contribution < 1.29 is 9.66 Å². The van der Waals surface area contributed by atoms with Crippen molar-refractivity contribution in [3.05, 3.63) is 22.2 Å². The highest BCUT2D eigenvalue weighted by Gasteiger charge is 2.26. The summed E-state index contributed by atoms with van der Waals surface area (Å²) in [6, 6.07) is 3.33. The maximum Gasteiger partial charge on any atom is 0.311 e. The van der Waals surface area contributed by atoms with Gasteiger partial charge in [0.25, 0.3) is 0 Å². The van der Waals surface area contributed by atoms with E-state index in [2.05, 4.69) is 10.3 Å². The molecule has 2 heterocycles. The van der Waals surface area contributed by atoms with E-state index in [1.165, 1.54) is 6.07 Å². The topological polar surface area (TPSA) is 80.5 Å². The molecule has 1 aliphatic rings. The van der Waals surface area contributed by atoms with Crippen molar-refractivity contribution in [2.45, 2.75) is 18.9 Å². The summed E-state index contributed by atoms with van der Waals surface area (Å²) < 4.78 is 5.32. The zero-order valence-electron chi connectivity index (χ0n) is 11.1. The summed E-state index contributed by atoms with van der Waals surface area (Å²) in [5.41, 5.74) is 0.0352. The van der Waals surface area contributed by atoms with E-state index in [0.717, 1.165) is 12.8 Å². The highest BCUT2D eigenvalue weighted by Crippen LogP contribution is 2.30. The summed E-state index contributed by atoms with van der Waals surface area (Å²) in [6.45, 7) is 1.38. The fraction of sp³-hybridized carbons (Fsp3) is 0.583. The van der Waals surface area contributed by atoms with Crippen LogP contribution in [-0.2, 0) is 4.74 Å². The summed E-state index contributed by atoms with van der Waals surface area (Å²) in [5, 5.41) is 14.0. The number of rotatable bonds is 4. The second kappa shape index (κ2) is 5.83. The van der Waals surface area contributed by atoms with Crippen molar-refractivity contribution in [1.29, 1.82) is 0 Å². The molecule has 0 atom stereocenters. The molecule has 0 amide bonds. The highest BCUT2D eigenvalue weighted by atomic mass is 16.6. The molecule has 1 saturated heterocycles. The normalized spacial score (nSPS) is 16.1. The molecule has 7 nitrogen and oxygen atoms in total. The number of hydrogen-bond acceptors (Lipinski definition) is 6. The molecule has 1 aliphatic heterocycles. The smallest absolute Gasteiger partial charge is 0.311 e. The molecule has 0 bridgehead atoms. The second-order valence-electron chi connectivity index (χ2n) is 4.50. The van der Waals surface area contributed by atoms with Crippen LogP contribution in [-0.4, -0.2) is 43.3 Å². The van der Waals surface area contributed by atoms with Gasteiger partial charge in [-0.3, -0.25) is 10.1 Å². The number of hydrogen-bond donors (Lipinski definition) is 1. The number of ether oxygens (including phenoxy) is 1. The Hall–Kier alpha value is -1.89. The van der Waals surface area contributed by atoms with Gasteiger partial charge in [0.15, 0.2) is 0 Å². The Bertz CT molecular complexity index is 460. The number of nitrogens with zero attached hydrogens (tertiary/aromatic N) is 3. The number of aromatic nitrogens is 1. The number of pyridine rings is 1. The first-order valence-electron chi connectivity index (χ1n) is 6.27. The van der Waals surface area contributed by atoms with E-state index in [9.17, 15) is 10.1 Å². The predicted molar refractivity (Wildman–Crippen MR) is 72.7 cm³/mol. The Morgan fingerprint density at radius 2 is 2.16 bits per heavy atom. The van der Waals surface area contributed by atoms with Crippen LogP contribution in [0.2, 0.25) is 0 Å². The Kier molecular flexibility index (Phi) is 4.16. The molecule has 104 valence electrons. The lowest BCUT2D eigenvalue weighted by molar-refractivity contribution is -0.384. The number of nitrogens with one attached hydrogen (secondary N) is 1.